The summed E-state index contributed by atoms with van der Waals surface area (Å²) < 4.78 is 5.15. The Balaban J connectivity index is 1.64. The molecular weight excluding hydrogens is 312 g/mol. The Hall–Kier alpha value is -2.22. The lowest BCUT2D eigenvalue weighted by Crippen LogP contribution is -2.42. The third-order valence-electron chi connectivity index (χ3n) is 3.61. The number of ether oxygens (including phenoxy) is 1. The lowest BCUT2D eigenvalue weighted by Gasteiger charge is -2.27. The predicted molar refractivity (Wildman–Crippen MR) is 92.6 cm³/mol. The number of methoxy groups -OCH3 is 1. The van der Waals surface area contributed by atoms with Gasteiger partial charge in [0, 0.05) is 30.2 Å². The number of guanidine groups is 1. The minimum Gasteiger partial charge on any atom is -0.497 e. The first kappa shape index (κ1) is 15.7. The number of hydrogen-bond donors (Lipinski definition) is 2. The molecular formula is C15H20N6OS. The molecule has 0 bridgehead atoms. The van der Waals surface area contributed by atoms with E-state index in [1.807, 2.05) is 36.0 Å². The Kier molecular flexibility index (Phi) is 5.02. The number of H-pyrrole nitrogens is 1. The zero-order valence-corrected chi connectivity index (χ0v) is 13.8. The second kappa shape index (κ2) is 7.36. The summed E-state index contributed by atoms with van der Waals surface area (Å²) in [6.45, 7) is 2.31. The monoisotopic (exact) mass is 332 g/mol. The molecule has 0 radical (unpaired) electrons. The summed E-state index contributed by atoms with van der Waals surface area (Å²) in [6, 6.07) is 7.62. The number of nitrogens with one attached hydrogen (secondary N) is 1. The first-order valence-corrected chi connectivity index (χ1v) is 8.60. The van der Waals surface area contributed by atoms with Gasteiger partial charge in [0.05, 0.1) is 7.11 Å². The normalized spacial score (nSPS) is 15.7. The van der Waals surface area contributed by atoms with Crippen molar-refractivity contribution in [2.45, 2.75) is 6.54 Å². The van der Waals surface area contributed by atoms with E-state index < -0.39 is 0 Å². The van der Waals surface area contributed by atoms with Crippen molar-refractivity contribution in [3.05, 3.63) is 30.1 Å². The molecule has 0 atom stereocenters. The quantitative estimate of drug-likeness (QED) is 0.648. The molecule has 3 N–H and O–H groups in total. The summed E-state index contributed by atoms with van der Waals surface area (Å²) in [7, 11) is 1.64. The number of thioether (sulfide) groups is 1. The van der Waals surface area contributed by atoms with Gasteiger partial charge < -0.3 is 15.4 Å². The van der Waals surface area contributed by atoms with Crippen LogP contribution in [0.2, 0.25) is 0 Å². The Bertz CT molecular complexity index is 663. The summed E-state index contributed by atoms with van der Waals surface area (Å²) >= 11 is 1.94. The zero-order valence-electron chi connectivity index (χ0n) is 13.0. The van der Waals surface area contributed by atoms with Gasteiger partial charge in [-0.2, -0.15) is 16.9 Å². The summed E-state index contributed by atoms with van der Waals surface area (Å²) in [5.41, 5.74) is 6.97. The number of nitrogens with two attached hydrogens (primary N) is 1. The van der Waals surface area contributed by atoms with E-state index in [-0.39, 0.29) is 0 Å². The van der Waals surface area contributed by atoms with Gasteiger partial charge in [0.15, 0.2) is 11.8 Å². The van der Waals surface area contributed by atoms with Gasteiger partial charge in [-0.25, -0.2) is 9.98 Å². The summed E-state index contributed by atoms with van der Waals surface area (Å²) in [4.78, 5) is 11.0. The highest BCUT2D eigenvalue weighted by molar-refractivity contribution is 7.99. The molecule has 8 heteroatoms. The van der Waals surface area contributed by atoms with Crippen LogP contribution in [0.5, 0.6) is 5.75 Å². The molecule has 3 rings (SSSR count). The summed E-state index contributed by atoms with van der Waals surface area (Å²) in [6.07, 6.45) is 0. The smallest absolute Gasteiger partial charge is 0.191 e. The van der Waals surface area contributed by atoms with E-state index in [0.717, 1.165) is 35.9 Å². The van der Waals surface area contributed by atoms with Crippen LogP contribution in [0.15, 0.2) is 29.3 Å². The molecule has 1 aromatic carbocycles. The summed E-state index contributed by atoms with van der Waals surface area (Å²) in [5.74, 6) is 4.92. The van der Waals surface area contributed by atoms with Crippen LogP contribution < -0.4 is 10.5 Å². The molecule has 1 aliphatic heterocycles. The third-order valence-corrected chi connectivity index (χ3v) is 4.55. The van der Waals surface area contributed by atoms with Crippen molar-refractivity contribution in [3.63, 3.8) is 0 Å². The minimum absolute atomic E-state index is 0.401. The van der Waals surface area contributed by atoms with Crippen LogP contribution in [0, 0.1) is 0 Å². The molecule has 0 unspecified atom stereocenters. The fourth-order valence-electron chi connectivity index (χ4n) is 2.28. The Morgan fingerprint density at radius 2 is 2.09 bits per heavy atom. The van der Waals surface area contributed by atoms with Crippen LogP contribution in [0.25, 0.3) is 11.4 Å². The number of aromatic nitrogens is 3. The third kappa shape index (κ3) is 3.95. The SMILES string of the molecule is COc1ccc(-c2n[nH]c(CN=C(N)N3CCSCC3)n2)cc1. The van der Waals surface area contributed by atoms with Crippen molar-refractivity contribution in [2.24, 2.45) is 10.7 Å². The highest BCUT2D eigenvalue weighted by Gasteiger charge is 2.12. The molecule has 122 valence electrons. The molecule has 7 nitrogen and oxygen atoms in total. The molecule has 1 saturated heterocycles. The average molecular weight is 332 g/mol. The van der Waals surface area contributed by atoms with Crippen molar-refractivity contribution >= 4 is 17.7 Å². The van der Waals surface area contributed by atoms with E-state index >= 15 is 0 Å². The minimum atomic E-state index is 0.401. The molecule has 1 aromatic heterocycles. The largest absolute Gasteiger partial charge is 0.497 e. The summed E-state index contributed by atoms with van der Waals surface area (Å²) in [5, 5.41) is 7.14. The number of aromatic amines is 1. The maximum absolute atomic E-state index is 6.04. The van der Waals surface area contributed by atoms with E-state index in [1.165, 1.54) is 0 Å². The number of benzene rings is 1. The number of rotatable bonds is 4. The van der Waals surface area contributed by atoms with Crippen molar-refractivity contribution in [1.82, 2.24) is 20.1 Å². The van der Waals surface area contributed by atoms with Gasteiger partial charge in [-0.15, -0.1) is 0 Å². The van der Waals surface area contributed by atoms with Gasteiger partial charge in [-0.1, -0.05) is 0 Å². The lowest BCUT2D eigenvalue weighted by molar-refractivity contribution is 0.415. The van der Waals surface area contributed by atoms with Gasteiger partial charge in [-0.05, 0) is 24.3 Å². The van der Waals surface area contributed by atoms with Crippen LogP contribution in [-0.4, -0.2) is 57.7 Å². The van der Waals surface area contributed by atoms with Gasteiger partial charge in [0.2, 0.25) is 0 Å². The second-order valence-corrected chi connectivity index (χ2v) is 6.33. The lowest BCUT2D eigenvalue weighted by atomic mass is 10.2. The highest BCUT2D eigenvalue weighted by atomic mass is 32.2. The molecule has 1 fully saturated rings. The first-order chi connectivity index (χ1) is 11.3. The van der Waals surface area contributed by atoms with E-state index in [1.54, 1.807) is 7.11 Å². The van der Waals surface area contributed by atoms with E-state index in [9.17, 15) is 0 Å². The van der Waals surface area contributed by atoms with E-state index in [2.05, 4.69) is 25.1 Å². The Labute approximate surface area is 139 Å². The number of aliphatic imine (C=N–C) groups is 1. The van der Waals surface area contributed by atoms with Crippen LogP contribution >= 0.6 is 11.8 Å². The molecule has 1 aliphatic rings. The van der Waals surface area contributed by atoms with Gasteiger partial charge in [-0.3, -0.25) is 5.10 Å². The Morgan fingerprint density at radius 3 is 2.78 bits per heavy atom. The molecule has 2 heterocycles. The topological polar surface area (TPSA) is 92.4 Å². The zero-order chi connectivity index (χ0) is 16.1. The second-order valence-electron chi connectivity index (χ2n) is 5.11. The number of nitrogens with zero attached hydrogens (tertiary/aromatic N) is 4. The molecule has 23 heavy (non-hydrogen) atoms. The average Bonchev–Trinajstić information content (AvgIpc) is 3.09. The maximum Gasteiger partial charge on any atom is 0.191 e. The molecule has 0 spiro atoms. The van der Waals surface area contributed by atoms with Crippen molar-refractivity contribution in [1.29, 1.82) is 0 Å². The highest BCUT2D eigenvalue weighted by Crippen LogP contribution is 2.19. The van der Waals surface area contributed by atoms with Crippen LogP contribution in [0.1, 0.15) is 5.82 Å². The fourth-order valence-corrected chi connectivity index (χ4v) is 3.19. The molecule has 0 saturated carbocycles. The van der Waals surface area contributed by atoms with E-state index in [0.29, 0.717) is 24.2 Å². The predicted octanol–water partition coefficient (Wildman–Crippen LogP) is 1.34. The van der Waals surface area contributed by atoms with E-state index in [4.69, 9.17) is 10.5 Å². The van der Waals surface area contributed by atoms with Crippen LogP contribution in [0.4, 0.5) is 0 Å². The van der Waals surface area contributed by atoms with Crippen molar-refractivity contribution in [2.75, 3.05) is 31.7 Å². The van der Waals surface area contributed by atoms with Gasteiger partial charge >= 0.3 is 0 Å². The molecule has 2 aromatic rings. The standard InChI is InChI=1S/C15H20N6OS/c1-22-12-4-2-11(3-5-12)14-18-13(19-20-14)10-17-15(16)21-6-8-23-9-7-21/h2-5H,6-10H2,1H3,(H2,16,17)(H,18,19,20). The van der Waals surface area contributed by atoms with Crippen molar-refractivity contribution in [3.8, 4) is 17.1 Å². The van der Waals surface area contributed by atoms with Crippen LogP contribution in [-0.2, 0) is 6.54 Å². The van der Waals surface area contributed by atoms with Crippen molar-refractivity contribution < 1.29 is 4.74 Å². The maximum atomic E-state index is 6.04. The fraction of sp³-hybridized carbons (Fsp3) is 0.400. The van der Waals surface area contributed by atoms with Crippen LogP contribution in [0.3, 0.4) is 0 Å². The Morgan fingerprint density at radius 1 is 1.35 bits per heavy atom. The van der Waals surface area contributed by atoms with Gasteiger partial charge in [0.1, 0.15) is 18.1 Å². The first-order valence-electron chi connectivity index (χ1n) is 7.44. The molecule has 0 aliphatic carbocycles. The van der Waals surface area contributed by atoms with Gasteiger partial charge in [0.25, 0.3) is 0 Å². The molecule has 0 amide bonds. The number of hydrogen-bond acceptors (Lipinski definition) is 5.